The van der Waals surface area contributed by atoms with Gasteiger partial charge in [0, 0.05) is 31.2 Å². The van der Waals surface area contributed by atoms with Crippen molar-refractivity contribution in [2.75, 3.05) is 19.1 Å². The van der Waals surface area contributed by atoms with Crippen molar-refractivity contribution in [1.29, 1.82) is 0 Å². The minimum atomic E-state index is -1.02. The molecule has 0 radical (unpaired) electrons. The third-order valence-corrected chi connectivity index (χ3v) is 8.18. The molecule has 1 aromatic heterocycles. The van der Waals surface area contributed by atoms with Gasteiger partial charge in [-0.1, -0.05) is 12.1 Å². The van der Waals surface area contributed by atoms with Crippen molar-refractivity contribution in [2.45, 2.75) is 76.0 Å². The topological polar surface area (TPSA) is 93.9 Å². The van der Waals surface area contributed by atoms with Gasteiger partial charge in [-0.15, -0.1) is 0 Å². The summed E-state index contributed by atoms with van der Waals surface area (Å²) in [7, 11) is 3.11. The van der Waals surface area contributed by atoms with E-state index in [1.54, 1.807) is 18.1 Å². The molecule has 202 valence electrons. The number of hydrogen-bond donors (Lipinski definition) is 1. The number of carboxylic acid groups (broad SMARTS) is 1. The van der Waals surface area contributed by atoms with Crippen molar-refractivity contribution in [3.8, 4) is 0 Å². The number of imidazole rings is 1. The molecule has 2 heterocycles. The molecule has 3 aromatic rings. The molecule has 1 fully saturated rings. The fourth-order valence-electron chi connectivity index (χ4n) is 6.17. The van der Waals surface area contributed by atoms with E-state index in [1.807, 2.05) is 19.1 Å². The standard InChI is InChI=1S/C29H34FN3O5/c1-17-7-12-22-24(32(17)29(36)38-3)13-14-25-27(22)31-26(33(25)20-8-10-21(37-2)11-9-20)16-23(28(34)35)18-5-4-6-19(30)15-18/h4-6,13-15,17,20-21,23H,7-12,16H2,1-3H3,(H,34,35)/t17-,20?,21?,23?/m0/s1. The molecule has 0 saturated heterocycles. The Kier molecular flexibility index (Phi) is 7.38. The average molecular weight is 524 g/mol. The second-order valence-corrected chi connectivity index (χ2v) is 10.4. The Morgan fingerprint density at radius 3 is 2.55 bits per heavy atom. The van der Waals surface area contributed by atoms with Gasteiger partial charge < -0.3 is 19.1 Å². The number of halogens is 1. The number of carbonyl (C=O) groups is 2. The van der Waals surface area contributed by atoms with Gasteiger partial charge in [-0.25, -0.2) is 14.2 Å². The molecule has 1 amide bonds. The van der Waals surface area contributed by atoms with Crippen LogP contribution >= 0.6 is 0 Å². The first-order valence-corrected chi connectivity index (χ1v) is 13.2. The molecule has 1 N–H and O–H groups in total. The molecule has 1 saturated carbocycles. The molecule has 9 heteroatoms. The first-order chi connectivity index (χ1) is 18.3. The van der Waals surface area contributed by atoms with Crippen LogP contribution in [0.15, 0.2) is 36.4 Å². The molecule has 2 aromatic carbocycles. The number of carbonyl (C=O) groups excluding carboxylic acids is 1. The predicted octanol–water partition coefficient (Wildman–Crippen LogP) is 5.62. The summed E-state index contributed by atoms with van der Waals surface area (Å²) in [6.07, 6.45) is 5.04. The minimum Gasteiger partial charge on any atom is -0.481 e. The molecular formula is C29H34FN3O5. The van der Waals surface area contributed by atoms with E-state index >= 15 is 0 Å². The molecule has 2 atom stereocenters. The van der Waals surface area contributed by atoms with Gasteiger partial charge in [0.15, 0.2) is 0 Å². The number of carboxylic acids is 1. The van der Waals surface area contributed by atoms with E-state index in [4.69, 9.17) is 14.5 Å². The summed E-state index contributed by atoms with van der Waals surface area (Å²) in [5, 5.41) is 10.1. The van der Waals surface area contributed by atoms with E-state index in [1.165, 1.54) is 25.3 Å². The van der Waals surface area contributed by atoms with Crippen LogP contribution < -0.4 is 4.90 Å². The van der Waals surface area contributed by atoms with Crippen LogP contribution in [-0.4, -0.2) is 53.1 Å². The number of methoxy groups -OCH3 is 2. The Labute approximate surface area is 221 Å². The maximum Gasteiger partial charge on any atom is 0.414 e. The van der Waals surface area contributed by atoms with Gasteiger partial charge >= 0.3 is 12.1 Å². The van der Waals surface area contributed by atoms with Crippen LogP contribution in [0.2, 0.25) is 0 Å². The van der Waals surface area contributed by atoms with Crippen LogP contribution in [-0.2, 0) is 27.1 Å². The highest BCUT2D eigenvalue weighted by Gasteiger charge is 2.34. The highest BCUT2D eigenvalue weighted by atomic mass is 19.1. The molecule has 1 unspecified atom stereocenters. The number of aliphatic carboxylic acids is 1. The highest BCUT2D eigenvalue weighted by Crippen LogP contribution is 2.40. The lowest BCUT2D eigenvalue weighted by molar-refractivity contribution is -0.138. The average Bonchev–Trinajstić information content (AvgIpc) is 3.29. The zero-order valence-corrected chi connectivity index (χ0v) is 22.0. The second-order valence-electron chi connectivity index (χ2n) is 10.4. The Bertz CT molecular complexity index is 1350. The first-order valence-electron chi connectivity index (χ1n) is 13.2. The Morgan fingerprint density at radius 2 is 1.89 bits per heavy atom. The van der Waals surface area contributed by atoms with Gasteiger partial charge in [0.05, 0.1) is 35.9 Å². The van der Waals surface area contributed by atoms with Gasteiger partial charge in [-0.3, -0.25) is 9.69 Å². The molecule has 0 bridgehead atoms. The van der Waals surface area contributed by atoms with Crippen molar-refractivity contribution in [3.63, 3.8) is 0 Å². The lowest BCUT2D eigenvalue weighted by Gasteiger charge is -2.34. The van der Waals surface area contributed by atoms with E-state index in [9.17, 15) is 19.1 Å². The second kappa shape index (κ2) is 10.7. The number of anilines is 1. The first kappa shape index (κ1) is 26.2. The van der Waals surface area contributed by atoms with Crippen LogP contribution in [0.4, 0.5) is 14.9 Å². The van der Waals surface area contributed by atoms with Crippen molar-refractivity contribution in [1.82, 2.24) is 9.55 Å². The fourth-order valence-corrected chi connectivity index (χ4v) is 6.17. The zero-order valence-electron chi connectivity index (χ0n) is 22.0. The molecule has 38 heavy (non-hydrogen) atoms. The lowest BCUT2D eigenvalue weighted by atomic mass is 9.91. The van der Waals surface area contributed by atoms with E-state index in [0.717, 1.165) is 60.8 Å². The van der Waals surface area contributed by atoms with Crippen molar-refractivity contribution in [3.05, 3.63) is 59.2 Å². The normalized spacial score (nSPS) is 22.2. The molecule has 2 aliphatic rings. The Morgan fingerprint density at radius 1 is 1.13 bits per heavy atom. The van der Waals surface area contributed by atoms with E-state index < -0.39 is 23.8 Å². The summed E-state index contributed by atoms with van der Waals surface area (Å²) in [5.74, 6) is -1.77. The monoisotopic (exact) mass is 523 g/mol. The molecule has 1 aliphatic carbocycles. The maximum atomic E-state index is 14.0. The summed E-state index contributed by atoms with van der Waals surface area (Å²) < 4.78 is 26.9. The largest absolute Gasteiger partial charge is 0.481 e. The Hall–Kier alpha value is -3.46. The van der Waals surface area contributed by atoms with Crippen molar-refractivity contribution >= 4 is 28.8 Å². The summed E-state index contributed by atoms with van der Waals surface area (Å²) in [5.41, 5.74) is 3.88. The molecule has 8 nitrogen and oxygen atoms in total. The fraction of sp³-hybridized carbons (Fsp3) is 0.483. The third-order valence-electron chi connectivity index (χ3n) is 8.18. The molecular weight excluding hydrogens is 489 g/mol. The van der Waals surface area contributed by atoms with Crippen LogP contribution in [0, 0.1) is 5.82 Å². The number of aryl methyl sites for hydroxylation is 1. The Balaban J connectivity index is 1.63. The summed E-state index contributed by atoms with van der Waals surface area (Å²) in [6, 6.07) is 9.85. The summed E-state index contributed by atoms with van der Waals surface area (Å²) in [4.78, 5) is 31.7. The van der Waals surface area contributed by atoms with E-state index in [2.05, 4.69) is 4.57 Å². The number of hydrogen-bond acceptors (Lipinski definition) is 5. The molecule has 5 rings (SSSR count). The van der Waals surface area contributed by atoms with Crippen LogP contribution in [0.3, 0.4) is 0 Å². The molecule has 0 spiro atoms. The summed E-state index contributed by atoms with van der Waals surface area (Å²) in [6.45, 7) is 2.00. The van der Waals surface area contributed by atoms with Gasteiger partial charge in [-0.2, -0.15) is 0 Å². The van der Waals surface area contributed by atoms with Gasteiger partial charge in [-0.05, 0) is 75.3 Å². The van der Waals surface area contributed by atoms with Gasteiger partial charge in [0.1, 0.15) is 11.6 Å². The molecule has 1 aliphatic heterocycles. The van der Waals surface area contributed by atoms with Crippen molar-refractivity contribution < 1.29 is 28.6 Å². The summed E-state index contributed by atoms with van der Waals surface area (Å²) >= 11 is 0. The highest BCUT2D eigenvalue weighted by molar-refractivity contribution is 5.95. The number of rotatable bonds is 6. The zero-order chi connectivity index (χ0) is 27.0. The number of ether oxygens (including phenoxy) is 2. The van der Waals surface area contributed by atoms with Crippen LogP contribution in [0.5, 0.6) is 0 Å². The smallest absolute Gasteiger partial charge is 0.414 e. The number of aromatic nitrogens is 2. The SMILES string of the molecule is COC(=O)N1c2ccc3c(nc(CC(C(=O)O)c4cccc(F)c4)n3C3CCC(OC)CC3)c2CC[C@@H]1C. The van der Waals surface area contributed by atoms with Crippen LogP contribution in [0.1, 0.15) is 67.9 Å². The number of nitrogens with zero attached hydrogens (tertiary/aromatic N) is 3. The van der Waals surface area contributed by atoms with E-state index in [0.29, 0.717) is 11.4 Å². The predicted molar refractivity (Wildman–Crippen MR) is 141 cm³/mol. The number of benzene rings is 2. The third kappa shape index (κ3) is 4.75. The quantitative estimate of drug-likeness (QED) is 0.451. The van der Waals surface area contributed by atoms with Crippen molar-refractivity contribution in [2.24, 2.45) is 0 Å². The minimum absolute atomic E-state index is 0.0114. The lowest BCUT2D eigenvalue weighted by Crippen LogP contribution is -2.42. The van der Waals surface area contributed by atoms with Crippen LogP contribution in [0.25, 0.3) is 11.0 Å². The number of amides is 1. The van der Waals surface area contributed by atoms with Gasteiger partial charge in [0.2, 0.25) is 0 Å². The maximum absolute atomic E-state index is 14.0. The van der Waals surface area contributed by atoms with E-state index in [-0.39, 0.29) is 24.6 Å². The number of fused-ring (bicyclic) bond motifs is 3. The van der Waals surface area contributed by atoms with Gasteiger partial charge in [0.25, 0.3) is 0 Å².